The van der Waals surface area contributed by atoms with Gasteiger partial charge < -0.3 is 17.7 Å². The normalized spacial score (nSPS) is 17.1. The molecular formula is C97H108N8O4+4. The van der Waals surface area contributed by atoms with Crippen molar-refractivity contribution in [2.24, 2.45) is 39.5 Å². The van der Waals surface area contributed by atoms with Crippen LogP contribution >= 0.6 is 0 Å². The fraction of sp³-hybridized carbons (Fsp3) is 0.340. The smallest absolute Gasteiger partial charge is 0.227 e. The lowest BCUT2D eigenvalue weighted by Gasteiger charge is -2.16. The first-order valence-electron chi connectivity index (χ1n) is 47.1. The van der Waals surface area contributed by atoms with Gasteiger partial charge in [-0.15, -0.1) is 0 Å². The Hall–Kier alpha value is -10.7. The number of aryl methyl sites for hydroxylation is 15. The maximum Gasteiger partial charge on any atom is 0.227 e. The number of benzene rings is 4. The van der Waals surface area contributed by atoms with Crippen LogP contribution < -0.4 is 18.3 Å². The van der Waals surface area contributed by atoms with Gasteiger partial charge in [-0.25, -0.2) is 38.2 Å². The molecule has 12 heterocycles. The first-order chi connectivity index (χ1) is 59.8. The van der Waals surface area contributed by atoms with Gasteiger partial charge in [-0.2, -0.15) is 0 Å². The van der Waals surface area contributed by atoms with E-state index in [-0.39, 0.29) is 29.5 Å². The van der Waals surface area contributed by atoms with Crippen LogP contribution in [0.2, 0.25) is 0 Å². The van der Waals surface area contributed by atoms with Gasteiger partial charge in [0, 0.05) is 146 Å². The number of aromatic nitrogens is 8. The molecule has 16 aromatic rings. The molecule has 0 bridgehead atoms. The highest BCUT2D eigenvalue weighted by Gasteiger charge is 2.29. The van der Waals surface area contributed by atoms with Crippen LogP contribution in [0, 0.1) is 87.3 Å². The lowest BCUT2D eigenvalue weighted by atomic mass is 9.90. The second-order valence-corrected chi connectivity index (χ2v) is 31.1. The molecule has 0 N–H and O–H groups in total. The average Bonchev–Trinajstić information content (AvgIpc) is 1.64. The maximum absolute atomic E-state index is 8.94. The molecule has 0 spiro atoms. The highest BCUT2D eigenvalue weighted by atomic mass is 16.4. The Balaban J connectivity index is 0.000000140. The molecule has 1 aliphatic rings. The van der Waals surface area contributed by atoms with Gasteiger partial charge in [-0.05, 0) is 212 Å². The highest BCUT2D eigenvalue weighted by molar-refractivity contribution is 6.12. The molecule has 1 aliphatic carbocycles. The van der Waals surface area contributed by atoms with Crippen LogP contribution in [0.3, 0.4) is 0 Å². The Bertz CT molecular complexity index is 7110. The predicted molar refractivity (Wildman–Crippen MR) is 446 cm³/mol. The fourth-order valence-corrected chi connectivity index (χ4v) is 15.1. The Morgan fingerprint density at radius 3 is 1.22 bits per heavy atom. The zero-order valence-electron chi connectivity index (χ0n) is 85.4. The molecule has 1 saturated carbocycles. The lowest BCUT2D eigenvalue weighted by Crippen LogP contribution is -2.31. The number of furan rings is 4. The Kier molecular flexibility index (Phi) is 14.5. The summed E-state index contributed by atoms with van der Waals surface area (Å²) < 4.78 is 190. The van der Waals surface area contributed by atoms with Crippen LogP contribution in [0.1, 0.15) is 198 Å². The molecule has 0 amide bonds. The van der Waals surface area contributed by atoms with Gasteiger partial charge in [-0.3, -0.25) is 0 Å². The van der Waals surface area contributed by atoms with Crippen LogP contribution in [-0.2, 0) is 46.4 Å². The summed E-state index contributed by atoms with van der Waals surface area (Å²) in [5, 5.41) is 7.29. The molecule has 1 fully saturated rings. The number of hydrogen-bond acceptors (Lipinski definition) is 8. The van der Waals surface area contributed by atoms with E-state index < -0.39 is 58.3 Å². The average molecular weight is 1470 g/mol. The summed E-state index contributed by atoms with van der Waals surface area (Å²) >= 11 is 0. The van der Waals surface area contributed by atoms with E-state index in [1.165, 1.54) is 19.4 Å². The summed E-state index contributed by atoms with van der Waals surface area (Å²) in [4.78, 5) is 18.4. The summed E-state index contributed by atoms with van der Waals surface area (Å²) in [6.45, 7) is 10.0. The van der Waals surface area contributed by atoms with E-state index in [4.69, 9.17) is 50.1 Å². The third-order valence-electron chi connectivity index (χ3n) is 21.1. The van der Waals surface area contributed by atoms with Crippen molar-refractivity contribution in [1.82, 2.24) is 19.9 Å². The number of fused-ring (bicyclic) bond motifs is 12. The van der Waals surface area contributed by atoms with E-state index in [0.29, 0.717) is 67.3 Å². The quantitative estimate of drug-likeness (QED) is 0.138. The molecule has 0 radical (unpaired) electrons. The summed E-state index contributed by atoms with van der Waals surface area (Å²) in [5.41, 5.74) is 20.9. The summed E-state index contributed by atoms with van der Waals surface area (Å²) in [5.74, 6) is -2.13. The second-order valence-electron chi connectivity index (χ2n) is 31.1. The molecule has 556 valence electrons. The Morgan fingerprint density at radius 1 is 0.431 bits per heavy atom. The molecule has 17 rings (SSSR count). The van der Waals surface area contributed by atoms with Gasteiger partial charge in [0.05, 0.1) is 22.3 Å². The van der Waals surface area contributed by atoms with Crippen molar-refractivity contribution in [3.8, 4) is 45.0 Å². The molecular weight excluding hydrogens is 1340 g/mol. The predicted octanol–water partition coefficient (Wildman–Crippen LogP) is 23.0. The molecule has 109 heavy (non-hydrogen) atoms. The first kappa shape index (κ1) is 54.0. The number of pyridine rings is 8. The maximum atomic E-state index is 8.94. The Morgan fingerprint density at radius 2 is 0.807 bits per heavy atom. The van der Waals surface area contributed by atoms with Crippen molar-refractivity contribution >= 4 is 88.3 Å². The van der Waals surface area contributed by atoms with Gasteiger partial charge in [0.1, 0.15) is 28.2 Å². The molecule has 12 aromatic heterocycles. The summed E-state index contributed by atoms with van der Waals surface area (Å²) in [6, 6.07) is 41.5. The van der Waals surface area contributed by atoms with E-state index in [1.54, 1.807) is 66.8 Å². The third-order valence-corrected chi connectivity index (χ3v) is 21.1. The molecule has 1 unspecified atom stereocenters. The van der Waals surface area contributed by atoms with Crippen molar-refractivity contribution in [2.75, 3.05) is 0 Å². The van der Waals surface area contributed by atoms with Crippen molar-refractivity contribution in [2.45, 2.75) is 181 Å². The minimum Gasteiger partial charge on any atom is -0.437 e. The second kappa shape index (κ2) is 29.4. The van der Waals surface area contributed by atoms with E-state index in [0.717, 1.165) is 159 Å². The van der Waals surface area contributed by atoms with E-state index in [9.17, 15) is 0 Å². The summed E-state index contributed by atoms with van der Waals surface area (Å²) in [7, 11) is 7.53. The molecule has 0 saturated heterocycles. The third kappa shape index (κ3) is 14.8. The molecule has 12 nitrogen and oxygen atoms in total. The lowest BCUT2D eigenvalue weighted by molar-refractivity contribution is -0.660. The van der Waals surface area contributed by atoms with Crippen LogP contribution in [0.25, 0.3) is 133 Å². The topological polar surface area (TPSA) is 120 Å². The zero-order chi connectivity index (χ0) is 94.4. The van der Waals surface area contributed by atoms with Crippen molar-refractivity contribution in [3.05, 3.63) is 236 Å². The van der Waals surface area contributed by atoms with Gasteiger partial charge in [0.15, 0.2) is 47.1 Å². The van der Waals surface area contributed by atoms with Crippen LogP contribution in [0.15, 0.2) is 170 Å². The first-order valence-corrected chi connectivity index (χ1v) is 37.1. The minimum atomic E-state index is -2.72. The van der Waals surface area contributed by atoms with Crippen molar-refractivity contribution in [1.29, 1.82) is 0 Å². The SMILES string of the molecule is [2H]C([2H])([2H])c1c[n+](C)c(-c2c(C)ccc3c2oc2nc(C(C)(C)C)ccc23)cc1C.[2H]C([2H])([2H])c1c[n+](C)c(-c2c(C)ccc3c2oc2nc(CC(C)(C([2H])([2H])[2H])C([2H])([2H])[2H])ccc23)cc1C.[2H]C([2H])([2H])c1c[n+](C)c(-c2c(C)ccc3c2oc2nc(CC([2H])(C)C([2H])([2H])[2H])ccc23)cc1C.[2H]C1(c2cc[n+](C)c(-c3c(C)ccc4c3oc3nc(C)ccc34)c2)CCCC1. The fourth-order valence-electron chi connectivity index (χ4n) is 15.1. The molecule has 4 aromatic carbocycles. The highest BCUT2D eigenvalue weighted by Crippen LogP contribution is 2.43. The summed E-state index contributed by atoms with van der Waals surface area (Å²) in [6.07, 6.45) is 10.9. The standard InChI is InChI=1S/C25H29N2O.C24H25N2O.2C24H27N2O/c1-15-8-10-19-20-11-9-18(13-25(4,5)6)26-24(20)28-23(19)22(15)21-12-16(2)17(3)14-27(21)7;1-15-8-10-19-20-11-9-16(2)25-24(20)27-23(19)22(15)21-14-18(12-13-26(21)3)17-6-4-5-7-17;1-14-8-9-17-18-10-11-20(24(4,5)6)25-23(18)27-22(17)21(14)19-12-15(2)16(3)13-26(19)7;1-14(2)11-18-8-10-20-19-9-7-15(3)22(23(19)27-24(20)25-18)21-12-16(4)17(5)13-26(21)6/h8-12,14H,13H2,1-7H3;8-14,17H,4-7H2,1-3H3;8-13H,1-7H3;7-10,12-14H,11H2,1-6H3/q4*+1/i3D3,4D3,5D3;17D;3D3;1D3,5D3,14D. The van der Waals surface area contributed by atoms with E-state index in [1.807, 2.05) is 108 Å². The van der Waals surface area contributed by atoms with Crippen molar-refractivity contribution in [3.63, 3.8) is 0 Å². The van der Waals surface area contributed by atoms with Crippen LogP contribution in [0.5, 0.6) is 0 Å². The number of rotatable bonds is 8. The van der Waals surface area contributed by atoms with Gasteiger partial charge >= 0.3 is 0 Å². The van der Waals surface area contributed by atoms with E-state index >= 15 is 0 Å². The van der Waals surface area contributed by atoms with Crippen molar-refractivity contribution < 1.29 is 63.4 Å². The zero-order valence-corrected chi connectivity index (χ0v) is 65.4. The van der Waals surface area contributed by atoms with Gasteiger partial charge in [0.2, 0.25) is 45.6 Å². The molecule has 12 heteroatoms. The monoisotopic (exact) mass is 1470 g/mol. The Labute approximate surface area is 670 Å². The molecule has 1 atom stereocenters. The number of nitrogens with zero attached hydrogens (tertiary/aromatic N) is 8. The van der Waals surface area contributed by atoms with Crippen LogP contribution in [0.4, 0.5) is 0 Å². The minimum absolute atomic E-state index is 0.0346. The van der Waals surface area contributed by atoms with Gasteiger partial charge in [-0.1, -0.05) is 117 Å². The van der Waals surface area contributed by atoms with Crippen LogP contribution in [-0.4, -0.2) is 19.9 Å². The largest absolute Gasteiger partial charge is 0.437 e. The number of hydrogen-bond donors (Lipinski definition) is 0. The van der Waals surface area contributed by atoms with E-state index in [2.05, 4.69) is 115 Å². The van der Waals surface area contributed by atoms with Gasteiger partial charge in [0.25, 0.3) is 0 Å². The molecule has 0 aliphatic heterocycles.